The molecule has 0 bridgehead atoms. The summed E-state index contributed by atoms with van der Waals surface area (Å²) in [6, 6.07) is 5.42. The Hall–Kier alpha value is -1.26. The van der Waals surface area contributed by atoms with E-state index in [2.05, 4.69) is 0 Å². The Bertz CT molecular complexity index is 415. The van der Waals surface area contributed by atoms with Gasteiger partial charge in [0.05, 0.1) is 20.8 Å². The van der Waals surface area contributed by atoms with Gasteiger partial charge in [-0.3, -0.25) is 0 Å². The summed E-state index contributed by atoms with van der Waals surface area (Å²) in [6.07, 6.45) is 4.51. The molecule has 20 heavy (non-hydrogen) atoms. The molecule has 1 aromatic carbocycles. The molecule has 1 aliphatic carbocycles. The molecule has 1 saturated carbocycles. The minimum absolute atomic E-state index is 0.322. The van der Waals surface area contributed by atoms with Crippen molar-refractivity contribution in [3.8, 4) is 11.5 Å². The van der Waals surface area contributed by atoms with Gasteiger partial charge in [-0.2, -0.15) is 0 Å². The van der Waals surface area contributed by atoms with Crippen LogP contribution in [0.3, 0.4) is 0 Å². The van der Waals surface area contributed by atoms with Crippen LogP contribution in [0.1, 0.15) is 37.4 Å². The first-order valence-electron chi connectivity index (χ1n) is 7.22. The quantitative estimate of drug-likeness (QED) is 0.744. The van der Waals surface area contributed by atoms with Gasteiger partial charge >= 0.3 is 0 Å². The maximum Gasteiger partial charge on any atom is 0.161 e. The summed E-state index contributed by atoms with van der Waals surface area (Å²) in [6.45, 7) is 1.05. The van der Waals surface area contributed by atoms with Crippen LogP contribution >= 0.6 is 0 Å². The van der Waals surface area contributed by atoms with Crippen LogP contribution in [0.2, 0.25) is 0 Å². The topological polar surface area (TPSA) is 47.9 Å². The Balaban J connectivity index is 1.80. The van der Waals surface area contributed by atoms with Crippen molar-refractivity contribution < 1.29 is 19.3 Å². The largest absolute Gasteiger partial charge is 0.493 e. The van der Waals surface area contributed by atoms with Gasteiger partial charge in [-0.15, -0.1) is 0 Å². The van der Waals surface area contributed by atoms with Crippen molar-refractivity contribution in [2.75, 3.05) is 27.4 Å². The monoisotopic (exact) mass is 280 g/mol. The first-order valence-corrected chi connectivity index (χ1v) is 7.22. The molecule has 0 aromatic heterocycles. The van der Waals surface area contributed by atoms with E-state index in [1.54, 1.807) is 26.4 Å². The predicted octanol–water partition coefficient (Wildman–Crippen LogP) is 2.94. The van der Waals surface area contributed by atoms with Crippen LogP contribution in [0.5, 0.6) is 11.5 Å². The van der Waals surface area contributed by atoms with Crippen molar-refractivity contribution in [2.24, 2.45) is 5.92 Å². The number of methoxy groups -OCH3 is 2. The molecule has 1 unspecified atom stereocenters. The van der Waals surface area contributed by atoms with Gasteiger partial charge in [-0.25, -0.2) is 0 Å². The molecule has 112 valence electrons. The molecule has 0 saturated heterocycles. The lowest BCUT2D eigenvalue weighted by Crippen LogP contribution is -2.15. The van der Waals surface area contributed by atoms with Crippen molar-refractivity contribution in [3.05, 3.63) is 23.8 Å². The summed E-state index contributed by atoms with van der Waals surface area (Å²) >= 11 is 0. The summed E-state index contributed by atoms with van der Waals surface area (Å²) in [4.78, 5) is 0. The number of rotatable bonds is 8. The number of ether oxygens (including phenoxy) is 3. The Morgan fingerprint density at radius 2 is 1.95 bits per heavy atom. The maximum absolute atomic E-state index is 10.1. The number of hydrogen-bond donors (Lipinski definition) is 1. The Morgan fingerprint density at radius 3 is 2.55 bits per heavy atom. The molecule has 4 nitrogen and oxygen atoms in total. The van der Waals surface area contributed by atoms with E-state index in [1.165, 1.54) is 19.3 Å². The maximum atomic E-state index is 10.1. The van der Waals surface area contributed by atoms with E-state index in [1.807, 2.05) is 6.07 Å². The molecule has 0 aliphatic heterocycles. The van der Waals surface area contributed by atoms with Crippen LogP contribution < -0.4 is 9.47 Å². The molecule has 0 spiro atoms. The lowest BCUT2D eigenvalue weighted by molar-refractivity contribution is 0.0265. The second kappa shape index (κ2) is 7.50. The standard InChI is InChI=1S/C16H24O4/c1-18-15-7-6-13(10-16(15)19-2)14(17)11-20-9-8-12-4-3-5-12/h6-7,10,12,14,17H,3-5,8-9,11H2,1-2H3. The molecule has 0 radical (unpaired) electrons. The zero-order valence-electron chi connectivity index (χ0n) is 12.3. The lowest BCUT2D eigenvalue weighted by Gasteiger charge is -2.25. The van der Waals surface area contributed by atoms with E-state index >= 15 is 0 Å². The van der Waals surface area contributed by atoms with Gasteiger partial charge in [0, 0.05) is 6.61 Å². The van der Waals surface area contributed by atoms with Crippen molar-refractivity contribution in [1.82, 2.24) is 0 Å². The van der Waals surface area contributed by atoms with Crippen LogP contribution in [0.15, 0.2) is 18.2 Å². The minimum Gasteiger partial charge on any atom is -0.493 e. The van der Waals surface area contributed by atoms with E-state index < -0.39 is 6.10 Å². The van der Waals surface area contributed by atoms with E-state index in [0.29, 0.717) is 18.1 Å². The van der Waals surface area contributed by atoms with Gasteiger partial charge in [-0.1, -0.05) is 25.3 Å². The van der Waals surface area contributed by atoms with Crippen molar-refractivity contribution in [2.45, 2.75) is 31.8 Å². The molecule has 1 atom stereocenters. The fraction of sp³-hybridized carbons (Fsp3) is 0.625. The lowest BCUT2D eigenvalue weighted by atomic mass is 9.83. The average Bonchev–Trinajstić information content (AvgIpc) is 2.44. The summed E-state index contributed by atoms with van der Waals surface area (Å²) in [5.74, 6) is 2.13. The van der Waals surface area contributed by atoms with Gasteiger partial charge in [0.15, 0.2) is 11.5 Å². The van der Waals surface area contributed by atoms with Gasteiger partial charge in [0.1, 0.15) is 6.10 Å². The average molecular weight is 280 g/mol. The molecule has 0 amide bonds. The molecule has 1 fully saturated rings. The Morgan fingerprint density at radius 1 is 1.20 bits per heavy atom. The summed E-state index contributed by atoms with van der Waals surface area (Å²) in [7, 11) is 3.18. The van der Waals surface area contributed by atoms with Crippen molar-refractivity contribution in [3.63, 3.8) is 0 Å². The highest BCUT2D eigenvalue weighted by Crippen LogP contribution is 2.31. The van der Waals surface area contributed by atoms with Crippen LogP contribution in [-0.4, -0.2) is 32.5 Å². The molecular formula is C16H24O4. The third kappa shape index (κ3) is 3.87. The molecule has 1 N–H and O–H groups in total. The van der Waals surface area contributed by atoms with Gasteiger partial charge in [0.2, 0.25) is 0 Å². The normalized spacial score (nSPS) is 16.6. The van der Waals surface area contributed by atoms with E-state index in [9.17, 15) is 5.11 Å². The zero-order valence-corrected chi connectivity index (χ0v) is 12.3. The fourth-order valence-electron chi connectivity index (χ4n) is 2.38. The second-order valence-electron chi connectivity index (χ2n) is 5.29. The Kier molecular flexibility index (Phi) is 5.68. The van der Waals surface area contributed by atoms with E-state index in [0.717, 1.165) is 24.5 Å². The number of hydrogen-bond acceptors (Lipinski definition) is 4. The highest BCUT2D eigenvalue weighted by molar-refractivity contribution is 5.43. The van der Waals surface area contributed by atoms with Crippen LogP contribution in [0.4, 0.5) is 0 Å². The van der Waals surface area contributed by atoms with Gasteiger partial charge in [0.25, 0.3) is 0 Å². The molecule has 2 rings (SSSR count). The van der Waals surface area contributed by atoms with Crippen LogP contribution in [-0.2, 0) is 4.74 Å². The Labute approximate surface area is 120 Å². The fourth-order valence-corrected chi connectivity index (χ4v) is 2.38. The van der Waals surface area contributed by atoms with Crippen LogP contribution in [0.25, 0.3) is 0 Å². The summed E-state index contributed by atoms with van der Waals surface area (Å²) in [5, 5.41) is 10.1. The second-order valence-corrected chi connectivity index (χ2v) is 5.29. The number of aliphatic hydroxyl groups excluding tert-OH is 1. The van der Waals surface area contributed by atoms with E-state index in [-0.39, 0.29) is 0 Å². The van der Waals surface area contributed by atoms with Gasteiger partial charge in [-0.05, 0) is 30.0 Å². The molecular weight excluding hydrogens is 256 g/mol. The van der Waals surface area contributed by atoms with Crippen molar-refractivity contribution >= 4 is 0 Å². The number of aliphatic hydroxyl groups is 1. The van der Waals surface area contributed by atoms with Gasteiger partial charge < -0.3 is 19.3 Å². The predicted molar refractivity (Wildman–Crippen MR) is 77.3 cm³/mol. The highest BCUT2D eigenvalue weighted by Gasteiger charge is 2.17. The molecule has 1 aromatic rings. The van der Waals surface area contributed by atoms with Crippen LogP contribution in [0, 0.1) is 5.92 Å². The third-order valence-electron chi connectivity index (χ3n) is 3.96. The summed E-state index contributed by atoms with van der Waals surface area (Å²) < 4.78 is 16.0. The summed E-state index contributed by atoms with van der Waals surface area (Å²) in [5.41, 5.74) is 0.784. The highest BCUT2D eigenvalue weighted by atomic mass is 16.5. The molecule has 0 heterocycles. The zero-order chi connectivity index (χ0) is 14.4. The molecule has 4 heteroatoms. The first-order chi connectivity index (χ1) is 9.74. The number of benzene rings is 1. The van der Waals surface area contributed by atoms with E-state index in [4.69, 9.17) is 14.2 Å². The first kappa shape index (κ1) is 15.1. The molecule has 1 aliphatic rings. The van der Waals surface area contributed by atoms with Crippen molar-refractivity contribution in [1.29, 1.82) is 0 Å². The smallest absolute Gasteiger partial charge is 0.161 e. The SMILES string of the molecule is COc1ccc(C(O)COCCC2CCC2)cc1OC. The minimum atomic E-state index is -0.629. The third-order valence-corrected chi connectivity index (χ3v) is 3.96.